The number of ether oxygens (including phenoxy) is 2. The van der Waals surface area contributed by atoms with Crippen LogP contribution in [-0.4, -0.2) is 62.2 Å². The number of aliphatic hydroxyl groups excluding tert-OH is 1. The molecule has 2 unspecified atom stereocenters. The second-order valence-electron chi connectivity index (χ2n) is 5.00. The Hall–Kier alpha value is -0.160. The highest BCUT2D eigenvalue weighted by Crippen LogP contribution is 2.01. The first-order chi connectivity index (χ1) is 7.99. The van der Waals surface area contributed by atoms with Crippen molar-refractivity contribution in [1.29, 1.82) is 0 Å². The molecule has 0 spiro atoms. The molecular weight excluding hydrogens is 218 g/mol. The van der Waals surface area contributed by atoms with E-state index in [1.807, 2.05) is 6.92 Å². The lowest BCUT2D eigenvalue weighted by Crippen LogP contribution is -2.37. The smallest absolute Gasteiger partial charge is 0.0900 e. The number of rotatable bonds is 10. The van der Waals surface area contributed by atoms with Crippen LogP contribution in [0, 0.1) is 5.92 Å². The van der Waals surface area contributed by atoms with Crippen molar-refractivity contribution in [2.75, 3.05) is 40.0 Å². The molecule has 4 heteroatoms. The van der Waals surface area contributed by atoms with E-state index >= 15 is 0 Å². The third-order valence-corrected chi connectivity index (χ3v) is 2.51. The fourth-order valence-corrected chi connectivity index (χ4v) is 1.76. The summed E-state index contributed by atoms with van der Waals surface area (Å²) in [5.74, 6) is 0.621. The summed E-state index contributed by atoms with van der Waals surface area (Å²) in [5, 5.41) is 9.87. The van der Waals surface area contributed by atoms with Crippen LogP contribution in [0.15, 0.2) is 0 Å². The highest BCUT2D eigenvalue weighted by molar-refractivity contribution is 4.65. The monoisotopic (exact) mass is 247 g/mol. The van der Waals surface area contributed by atoms with Gasteiger partial charge in [0.05, 0.1) is 25.4 Å². The molecule has 2 atom stereocenters. The van der Waals surface area contributed by atoms with Crippen LogP contribution in [0.5, 0.6) is 0 Å². The predicted molar refractivity (Wildman–Crippen MR) is 70.2 cm³/mol. The normalized spacial score (nSPS) is 15.5. The molecule has 0 saturated carbocycles. The summed E-state index contributed by atoms with van der Waals surface area (Å²) in [6.07, 6.45) is -0.386. The Kier molecular flexibility index (Phi) is 9.74. The fraction of sp³-hybridized carbons (Fsp3) is 1.00. The Labute approximate surface area is 106 Å². The Morgan fingerprint density at radius 3 is 2.24 bits per heavy atom. The molecule has 0 bridgehead atoms. The van der Waals surface area contributed by atoms with Gasteiger partial charge in [-0.05, 0) is 19.4 Å². The maximum absolute atomic E-state index is 9.87. The summed E-state index contributed by atoms with van der Waals surface area (Å²) >= 11 is 0. The van der Waals surface area contributed by atoms with Crippen molar-refractivity contribution in [3.8, 4) is 0 Å². The molecule has 0 rings (SSSR count). The van der Waals surface area contributed by atoms with Crippen molar-refractivity contribution in [3.63, 3.8) is 0 Å². The molecule has 0 aliphatic rings. The fourth-order valence-electron chi connectivity index (χ4n) is 1.76. The van der Waals surface area contributed by atoms with E-state index in [4.69, 9.17) is 9.47 Å². The van der Waals surface area contributed by atoms with Crippen LogP contribution in [0.25, 0.3) is 0 Å². The summed E-state index contributed by atoms with van der Waals surface area (Å²) in [6, 6.07) is 0. The lowest BCUT2D eigenvalue weighted by Gasteiger charge is -2.25. The van der Waals surface area contributed by atoms with Gasteiger partial charge in [0.2, 0.25) is 0 Å². The Morgan fingerprint density at radius 2 is 1.76 bits per heavy atom. The standard InChI is InChI=1S/C13H29NO3/c1-6-14(7-11(2)3)8-13(15)10-17-12(4)9-16-5/h11-13,15H,6-10H2,1-5H3. The van der Waals surface area contributed by atoms with Crippen LogP contribution in [0.2, 0.25) is 0 Å². The van der Waals surface area contributed by atoms with Crippen LogP contribution < -0.4 is 0 Å². The van der Waals surface area contributed by atoms with Crippen LogP contribution in [0.3, 0.4) is 0 Å². The van der Waals surface area contributed by atoms with Gasteiger partial charge in [-0.15, -0.1) is 0 Å². The summed E-state index contributed by atoms with van der Waals surface area (Å²) in [5.41, 5.74) is 0. The van der Waals surface area contributed by atoms with Gasteiger partial charge in [0.15, 0.2) is 0 Å². The lowest BCUT2D eigenvalue weighted by atomic mass is 10.2. The Morgan fingerprint density at radius 1 is 1.12 bits per heavy atom. The second-order valence-corrected chi connectivity index (χ2v) is 5.00. The van der Waals surface area contributed by atoms with Crippen LogP contribution >= 0.6 is 0 Å². The zero-order valence-corrected chi connectivity index (χ0v) is 12.0. The highest BCUT2D eigenvalue weighted by Gasteiger charge is 2.13. The van der Waals surface area contributed by atoms with Gasteiger partial charge in [-0.25, -0.2) is 0 Å². The van der Waals surface area contributed by atoms with Gasteiger partial charge in [0.25, 0.3) is 0 Å². The lowest BCUT2D eigenvalue weighted by molar-refractivity contribution is -0.0399. The molecule has 0 amide bonds. The number of nitrogens with zero attached hydrogens (tertiary/aromatic N) is 1. The summed E-state index contributed by atoms with van der Waals surface area (Å²) < 4.78 is 10.5. The molecule has 104 valence electrons. The van der Waals surface area contributed by atoms with Crippen molar-refractivity contribution < 1.29 is 14.6 Å². The van der Waals surface area contributed by atoms with E-state index in [1.165, 1.54) is 0 Å². The van der Waals surface area contributed by atoms with Gasteiger partial charge < -0.3 is 19.5 Å². The third kappa shape index (κ3) is 9.53. The molecule has 0 aliphatic heterocycles. The number of likely N-dealkylation sites (N-methyl/N-ethyl adjacent to an activating group) is 1. The quantitative estimate of drug-likeness (QED) is 0.633. The minimum atomic E-state index is -0.423. The zero-order valence-electron chi connectivity index (χ0n) is 12.0. The highest BCUT2D eigenvalue weighted by atomic mass is 16.5. The summed E-state index contributed by atoms with van der Waals surface area (Å²) in [6.45, 7) is 12.0. The topological polar surface area (TPSA) is 41.9 Å². The van der Waals surface area contributed by atoms with Gasteiger partial charge >= 0.3 is 0 Å². The summed E-state index contributed by atoms with van der Waals surface area (Å²) in [4.78, 5) is 2.25. The van der Waals surface area contributed by atoms with Crippen LogP contribution in [0.4, 0.5) is 0 Å². The molecule has 0 radical (unpaired) electrons. The van der Waals surface area contributed by atoms with E-state index < -0.39 is 6.10 Å². The van der Waals surface area contributed by atoms with Crippen molar-refractivity contribution >= 4 is 0 Å². The molecule has 0 aromatic carbocycles. The van der Waals surface area contributed by atoms with Crippen LogP contribution in [0.1, 0.15) is 27.7 Å². The van der Waals surface area contributed by atoms with Gasteiger partial charge in [0, 0.05) is 20.2 Å². The molecule has 0 aliphatic carbocycles. The molecule has 0 saturated heterocycles. The second kappa shape index (κ2) is 9.83. The minimum Gasteiger partial charge on any atom is -0.389 e. The first kappa shape index (κ1) is 16.8. The number of aliphatic hydroxyl groups is 1. The van der Waals surface area contributed by atoms with E-state index in [9.17, 15) is 5.11 Å². The largest absolute Gasteiger partial charge is 0.389 e. The molecule has 4 nitrogen and oxygen atoms in total. The maximum Gasteiger partial charge on any atom is 0.0900 e. The molecular formula is C13H29NO3. The van der Waals surface area contributed by atoms with Gasteiger partial charge in [-0.2, -0.15) is 0 Å². The molecule has 0 aromatic heterocycles. The first-order valence-corrected chi connectivity index (χ1v) is 6.50. The van der Waals surface area contributed by atoms with Crippen molar-refractivity contribution in [2.45, 2.75) is 39.9 Å². The van der Waals surface area contributed by atoms with Crippen LogP contribution in [-0.2, 0) is 9.47 Å². The molecule has 0 heterocycles. The van der Waals surface area contributed by atoms with Crippen molar-refractivity contribution in [1.82, 2.24) is 4.90 Å². The van der Waals surface area contributed by atoms with E-state index in [0.29, 0.717) is 25.7 Å². The van der Waals surface area contributed by atoms with Gasteiger partial charge in [-0.1, -0.05) is 20.8 Å². The van der Waals surface area contributed by atoms with E-state index in [0.717, 1.165) is 13.1 Å². The molecule has 0 aromatic rings. The number of hydrogen-bond acceptors (Lipinski definition) is 4. The van der Waals surface area contributed by atoms with E-state index in [2.05, 4.69) is 25.7 Å². The van der Waals surface area contributed by atoms with E-state index in [1.54, 1.807) is 7.11 Å². The predicted octanol–water partition coefficient (Wildman–Crippen LogP) is 1.38. The molecule has 0 fully saturated rings. The summed E-state index contributed by atoms with van der Waals surface area (Å²) in [7, 11) is 1.65. The minimum absolute atomic E-state index is 0.0369. The Bertz CT molecular complexity index is 176. The average molecular weight is 247 g/mol. The van der Waals surface area contributed by atoms with Crippen molar-refractivity contribution in [2.24, 2.45) is 5.92 Å². The van der Waals surface area contributed by atoms with E-state index in [-0.39, 0.29) is 6.10 Å². The van der Waals surface area contributed by atoms with Gasteiger partial charge in [-0.3, -0.25) is 0 Å². The molecule has 17 heavy (non-hydrogen) atoms. The molecule has 1 N–H and O–H groups in total. The maximum atomic E-state index is 9.87. The zero-order chi connectivity index (χ0) is 13.3. The van der Waals surface area contributed by atoms with Gasteiger partial charge in [0.1, 0.15) is 0 Å². The third-order valence-electron chi connectivity index (χ3n) is 2.51. The Balaban J connectivity index is 3.78. The average Bonchev–Trinajstić information content (AvgIpc) is 2.25. The number of methoxy groups -OCH3 is 1. The van der Waals surface area contributed by atoms with Crippen molar-refractivity contribution in [3.05, 3.63) is 0 Å². The SMILES string of the molecule is CCN(CC(C)C)CC(O)COC(C)COC. The number of hydrogen-bond donors (Lipinski definition) is 1. The first-order valence-electron chi connectivity index (χ1n) is 6.50.